The monoisotopic (exact) mass is 447 g/mol. The zero-order chi connectivity index (χ0) is 20.7. The van der Waals surface area contributed by atoms with E-state index >= 15 is 0 Å². The van der Waals surface area contributed by atoms with Gasteiger partial charge in [0, 0.05) is 6.92 Å². The van der Waals surface area contributed by atoms with Crippen molar-refractivity contribution in [2.75, 3.05) is 6.61 Å². The number of benzene rings is 2. The van der Waals surface area contributed by atoms with E-state index < -0.39 is 11.9 Å². The maximum Gasteiger partial charge on any atom is 0.352 e. The lowest BCUT2D eigenvalue weighted by atomic mass is 10.1. The molecule has 2 aromatic carbocycles. The number of carboxylic acid groups (broad SMARTS) is 1. The number of hydrogen-bond acceptors (Lipinski definition) is 4. The first-order chi connectivity index (χ1) is 13.3. The topological polar surface area (TPSA) is 84.9 Å². The predicted octanol–water partition coefficient (Wildman–Crippen LogP) is 4.30. The first kappa shape index (κ1) is 21.5. The van der Waals surface area contributed by atoms with E-state index in [2.05, 4.69) is 21.2 Å². The average molecular weight is 448 g/mol. The number of hydrogen-bond donors (Lipinski definition) is 2. The van der Waals surface area contributed by atoms with Crippen LogP contribution in [0.15, 0.2) is 46.6 Å². The largest absolute Gasteiger partial charge is 0.490 e. The molecule has 0 unspecified atom stereocenters. The van der Waals surface area contributed by atoms with Crippen LogP contribution in [0.3, 0.4) is 0 Å². The number of carbonyl (C=O) groups excluding carboxylic acids is 1. The number of halogens is 1. The van der Waals surface area contributed by atoms with Crippen LogP contribution in [-0.2, 0) is 16.2 Å². The predicted molar refractivity (Wildman–Crippen MR) is 110 cm³/mol. The minimum Gasteiger partial charge on any atom is -0.490 e. The molecule has 2 N–H and O–H groups in total. The fourth-order valence-electron chi connectivity index (χ4n) is 2.54. The van der Waals surface area contributed by atoms with Crippen molar-refractivity contribution in [1.29, 1.82) is 0 Å². The molecule has 0 aliphatic rings. The quantitative estimate of drug-likeness (QED) is 0.589. The zero-order valence-corrected chi connectivity index (χ0v) is 17.5. The number of carbonyl (C=O) groups is 2. The van der Waals surface area contributed by atoms with Gasteiger partial charge < -0.3 is 19.9 Å². The Hall–Kier alpha value is -2.80. The number of aryl methyl sites for hydroxylation is 1. The molecule has 2 rings (SSSR count). The molecule has 0 radical (unpaired) electrons. The van der Waals surface area contributed by atoms with Gasteiger partial charge in [-0.3, -0.25) is 4.79 Å². The first-order valence-electron chi connectivity index (χ1n) is 8.67. The van der Waals surface area contributed by atoms with Crippen LogP contribution in [0, 0.1) is 6.92 Å². The SMILES string of the molecule is CCOc1cc(C=C(NC(C)=O)C(=O)O)cc(Br)c1OCc1cccc(C)c1. The van der Waals surface area contributed by atoms with E-state index in [0.29, 0.717) is 34.7 Å². The van der Waals surface area contributed by atoms with Crippen LogP contribution in [-0.4, -0.2) is 23.6 Å². The van der Waals surface area contributed by atoms with Crippen molar-refractivity contribution >= 4 is 33.9 Å². The minimum atomic E-state index is -1.23. The summed E-state index contributed by atoms with van der Waals surface area (Å²) in [4.78, 5) is 22.6. The molecule has 0 aliphatic carbocycles. The second-order valence-electron chi connectivity index (χ2n) is 6.09. The lowest BCUT2D eigenvalue weighted by Gasteiger charge is -2.15. The van der Waals surface area contributed by atoms with Crippen LogP contribution in [0.4, 0.5) is 0 Å². The summed E-state index contributed by atoms with van der Waals surface area (Å²) in [5.74, 6) is -0.694. The fraction of sp³-hybridized carbons (Fsp3) is 0.238. The minimum absolute atomic E-state index is 0.227. The maximum absolute atomic E-state index is 11.3. The molecule has 6 nitrogen and oxygen atoms in total. The van der Waals surface area contributed by atoms with E-state index in [1.165, 1.54) is 13.0 Å². The molecule has 0 aliphatic heterocycles. The molecule has 1 amide bonds. The number of rotatable bonds is 8. The van der Waals surface area contributed by atoms with Gasteiger partial charge in [-0.25, -0.2) is 4.79 Å². The van der Waals surface area contributed by atoms with E-state index in [1.807, 2.05) is 38.1 Å². The van der Waals surface area contributed by atoms with Crippen LogP contribution < -0.4 is 14.8 Å². The third kappa shape index (κ3) is 6.13. The molecule has 0 saturated carbocycles. The molecule has 0 saturated heterocycles. The average Bonchev–Trinajstić information content (AvgIpc) is 2.60. The second kappa shape index (κ2) is 9.94. The molecular formula is C21H22BrNO5. The van der Waals surface area contributed by atoms with Gasteiger partial charge >= 0.3 is 5.97 Å². The summed E-state index contributed by atoms with van der Waals surface area (Å²) in [5, 5.41) is 11.6. The van der Waals surface area contributed by atoms with Gasteiger partial charge in [0.2, 0.25) is 5.91 Å². The van der Waals surface area contributed by atoms with Crippen LogP contribution in [0.25, 0.3) is 6.08 Å². The van der Waals surface area contributed by atoms with Crippen molar-refractivity contribution < 1.29 is 24.2 Å². The van der Waals surface area contributed by atoms with Gasteiger partial charge in [-0.2, -0.15) is 0 Å². The highest BCUT2D eigenvalue weighted by Gasteiger charge is 2.14. The van der Waals surface area contributed by atoms with Crippen LogP contribution in [0.5, 0.6) is 11.5 Å². The zero-order valence-electron chi connectivity index (χ0n) is 15.9. The van der Waals surface area contributed by atoms with E-state index in [0.717, 1.165) is 11.1 Å². The lowest BCUT2D eigenvalue weighted by molar-refractivity contribution is -0.134. The number of aliphatic carboxylic acids is 1. The van der Waals surface area contributed by atoms with Gasteiger partial charge in [-0.05, 0) is 59.1 Å². The Morgan fingerprint density at radius 2 is 1.96 bits per heavy atom. The van der Waals surface area contributed by atoms with Crippen LogP contribution >= 0.6 is 15.9 Å². The molecule has 0 aromatic heterocycles. The van der Waals surface area contributed by atoms with Crippen LogP contribution in [0.2, 0.25) is 0 Å². The van der Waals surface area contributed by atoms with Gasteiger partial charge in [0.05, 0.1) is 11.1 Å². The van der Waals surface area contributed by atoms with Crippen molar-refractivity contribution in [3.8, 4) is 11.5 Å². The smallest absolute Gasteiger partial charge is 0.352 e. The summed E-state index contributed by atoms with van der Waals surface area (Å²) < 4.78 is 12.2. The summed E-state index contributed by atoms with van der Waals surface area (Å²) in [7, 11) is 0. The highest BCUT2D eigenvalue weighted by molar-refractivity contribution is 9.10. The number of nitrogens with one attached hydrogen (secondary N) is 1. The highest BCUT2D eigenvalue weighted by Crippen LogP contribution is 2.38. The van der Waals surface area contributed by atoms with Gasteiger partial charge in [0.1, 0.15) is 12.3 Å². The van der Waals surface area contributed by atoms with Gasteiger partial charge in [-0.1, -0.05) is 29.8 Å². The Bertz CT molecular complexity index is 908. The van der Waals surface area contributed by atoms with Crippen molar-refractivity contribution in [2.24, 2.45) is 0 Å². The van der Waals surface area contributed by atoms with Gasteiger partial charge in [0.15, 0.2) is 11.5 Å². The Labute approximate surface area is 172 Å². The van der Waals surface area contributed by atoms with Crippen molar-refractivity contribution in [3.05, 3.63) is 63.3 Å². The standard InChI is InChI=1S/C21H22BrNO5/c1-4-27-19-11-16(10-18(21(25)26)23-14(3)24)9-17(22)20(19)28-12-15-7-5-6-13(2)8-15/h5-11H,4,12H2,1-3H3,(H,23,24)(H,25,26). The van der Waals surface area contributed by atoms with Crippen molar-refractivity contribution in [1.82, 2.24) is 5.32 Å². The van der Waals surface area contributed by atoms with Gasteiger partial charge in [-0.15, -0.1) is 0 Å². The molecule has 0 heterocycles. The molecular weight excluding hydrogens is 426 g/mol. The molecule has 7 heteroatoms. The fourth-order valence-corrected chi connectivity index (χ4v) is 3.11. The normalized spacial score (nSPS) is 11.1. The van der Waals surface area contributed by atoms with Crippen molar-refractivity contribution in [2.45, 2.75) is 27.4 Å². The number of carboxylic acids is 1. The summed E-state index contributed by atoms with van der Waals surface area (Å²) >= 11 is 3.46. The Morgan fingerprint density at radius 3 is 2.57 bits per heavy atom. The Kier molecular flexibility index (Phi) is 7.63. The number of ether oxygens (including phenoxy) is 2. The molecule has 0 bridgehead atoms. The molecule has 0 atom stereocenters. The Balaban J connectivity index is 2.34. The molecule has 28 heavy (non-hydrogen) atoms. The first-order valence-corrected chi connectivity index (χ1v) is 9.46. The van der Waals surface area contributed by atoms with Gasteiger partial charge in [0.25, 0.3) is 0 Å². The molecule has 148 valence electrons. The summed E-state index contributed by atoms with van der Waals surface area (Å²) in [6.45, 7) is 5.89. The third-order valence-corrected chi connectivity index (χ3v) is 4.24. The van der Waals surface area contributed by atoms with E-state index in [9.17, 15) is 14.7 Å². The molecule has 0 fully saturated rings. The van der Waals surface area contributed by atoms with E-state index in [4.69, 9.17) is 9.47 Å². The molecule has 0 spiro atoms. The summed E-state index contributed by atoms with van der Waals surface area (Å²) in [6, 6.07) is 11.4. The van der Waals surface area contributed by atoms with Crippen molar-refractivity contribution in [3.63, 3.8) is 0 Å². The summed E-state index contributed by atoms with van der Waals surface area (Å²) in [6.07, 6.45) is 1.36. The Morgan fingerprint density at radius 1 is 1.21 bits per heavy atom. The van der Waals surface area contributed by atoms with E-state index in [1.54, 1.807) is 12.1 Å². The maximum atomic E-state index is 11.3. The van der Waals surface area contributed by atoms with E-state index in [-0.39, 0.29) is 5.70 Å². The number of amides is 1. The second-order valence-corrected chi connectivity index (χ2v) is 6.94. The summed E-state index contributed by atoms with van der Waals surface area (Å²) in [5.41, 5.74) is 2.49. The lowest BCUT2D eigenvalue weighted by Crippen LogP contribution is -2.24. The third-order valence-electron chi connectivity index (χ3n) is 3.65. The van der Waals surface area contributed by atoms with Crippen LogP contribution in [0.1, 0.15) is 30.5 Å². The molecule has 2 aromatic rings. The highest BCUT2D eigenvalue weighted by atomic mass is 79.9.